The maximum Gasteiger partial charge on any atom is 0.310 e. The summed E-state index contributed by atoms with van der Waals surface area (Å²) in [5.74, 6) is 1.57. The van der Waals surface area contributed by atoms with Crippen LogP contribution < -0.4 is 0 Å². The molecule has 0 amide bonds. The molecular weight excluding hydrogens is 506 g/mol. The molecule has 4 aromatic carbocycles. The fourth-order valence-electron chi connectivity index (χ4n) is 5.55. The van der Waals surface area contributed by atoms with Crippen LogP contribution >= 0.6 is 0 Å². The van der Waals surface area contributed by atoms with Crippen molar-refractivity contribution in [1.29, 1.82) is 0 Å². The maximum absolute atomic E-state index is 12.5. The van der Waals surface area contributed by atoms with Gasteiger partial charge in [0.15, 0.2) is 5.76 Å². The number of benzene rings is 4. The lowest BCUT2D eigenvalue weighted by Crippen LogP contribution is -2.12. The number of rotatable bonds is 9. The Bertz CT molecular complexity index is 1560. The van der Waals surface area contributed by atoms with Gasteiger partial charge in [0.05, 0.1) is 6.42 Å². The van der Waals surface area contributed by atoms with Gasteiger partial charge in [-0.25, -0.2) is 4.98 Å². The number of aromatic nitrogens is 1. The summed E-state index contributed by atoms with van der Waals surface area (Å²) in [5.41, 5.74) is 7.26. The van der Waals surface area contributed by atoms with Crippen LogP contribution in [0.2, 0.25) is 0 Å². The molecule has 1 atom stereocenters. The second-order valence-electron chi connectivity index (χ2n) is 10.6. The Morgan fingerprint density at radius 3 is 2.20 bits per heavy atom. The summed E-state index contributed by atoms with van der Waals surface area (Å²) in [6, 6.07) is 38.5. The predicted molar refractivity (Wildman–Crippen MR) is 163 cm³/mol. The Morgan fingerprint density at radius 1 is 0.780 bits per heavy atom. The Balaban J connectivity index is 1.21. The number of hydrogen-bond donors (Lipinski definition) is 0. The van der Waals surface area contributed by atoms with E-state index in [1.807, 2.05) is 78.9 Å². The molecule has 4 heteroatoms. The highest BCUT2D eigenvalue weighted by atomic mass is 16.5. The van der Waals surface area contributed by atoms with E-state index in [1.54, 1.807) is 0 Å². The molecule has 1 aromatic heterocycles. The van der Waals surface area contributed by atoms with E-state index in [2.05, 4.69) is 42.5 Å². The zero-order valence-electron chi connectivity index (χ0n) is 23.0. The summed E-state index contributed by atoms with van der Waals surface area (Å²) in [6.45, 7) is 0.293. The Morgan fingerprint density at radius 2 is 1.44 bits per heavy atom. The number of ether oxygens (including phenoxy) is 1. The summed E-state index contributed by atoms with van der Waals surface area (Å²) < 4.78 is 12.1. The maximum atomic E-state index is 12.5. The summed E-state index contributed by atoms with van der Waals surface area (Å²) >= 11 is 0. The van der Waals surface area contributed by atoms with Crippen molar-refractivity contribution in [3.63, 3.8) is 0 Å². The van der Waals surface area contributed by atoms with Crippen LogP contribution in [0.15, 0.2) is 126 Å². The standard InChI is InChI=1S/C37H33NO3/c39-34(40-26-27-13-4-1-5-14-27)25-29-16-12-15-28(23-29)24-32-21-10-11-22-33(32)37-38-35(30-17-6-2-7-18-30)36(41-37)31-19-8-3-9-20-31/h1-9,12-20,22-23,32H,10-11,21,24-26H2/t32-/m0/s1. The smallest absolute Gasteiger partial charge is 0.310 e. The van der Waals surface area contributed by atoms with Crippen LogP contribution in [0, 0.1) is 5.92 Å². The first-order valence-corrected chi connectivity index (χ1v) is 14.3. The highest BCUT2D eigenvalue weighted by Crippen LogP contribution is 2.40. The molecule has 6 rings (SSSR count). The van der Waals surface area contributed by atoms with Crippen LogP contribution in [0.1, 0.15) is 41.8 Å². The van der Waals surface area contributed by atoms with Gasteiger partial charge in [0.25, 0.3) is 0 Å². The number of carbonyl (C=O) groups excluding carboxylic acids is 1. The second-order valence-corrected chi connectivity index (χ2v) is 10.6. The summed E-state index contributed by atoms with van der Waals surface area (Å²) in [4.78, 5) is 17.6. The zero-order valence-corrected chi connectivity index (χ0v) is 23.0. The van der Waals surface area contributed by atoms with Crippen molar-refractivity contribution < 1.29 is 13.9 Å². The molecule has 0 saturated heterocycles. The quantitative estimate of drug-likeness (QED) is 0.176. The SMILES string of the molecule is O=C(Cc1cccc(C[C@@H]2CCCC=C2c2nc(-c3ccccc3)c(-c3ccccc3)o2)c1)OCc1ccccc1. The number of nitrogens with zero attached hydrogens (tertiary/aromatic N) is 1. The van der Waals surface area contributed by atoms with Gasteiger partial charge >= 0.3 is 5.97 Å². The number of oxazole rings is 1. The first kappa shape index (κ1) is 26.5. The number of carbonyl (C=O) groups is 1. The number of esters is 1. The fourth-order valence-corrected chi connectivity index (χ4v) is 5.55. The summed E-state index contributed by atoms with van der Waals surface area (Å²) in [7, 11) is 0. The van der Waals surface area contributed by atoms with Gasteiger partial charge in [-0.1, -0.05) is 121 Å². The van der Waals surface area contributed by atoms with E-state index < -0.39 is 0 Å². The van der Waals surface area contributed by atoms with Gasteiger partial charge in [0.2, 0.25) is 5.89 Å². The van der Waals surface area contributed by atoms with Gasteiger partial charge in [-0.3, -0.25) is 4.79 Å². The zero-order chi connectivity index (χ0) is 27.9. The molecule has 5 aromatic rings. The highest BCUT2D eigenvalue weighted by Gasteiger charge is 2.26. The van der Waals surface area contributed by atoms with E-state index in [-0.39, 0.29) is 18.3 Å². The molecular formula is C37H33NO3. The molecule has 1 aliphatic rings. The molecule has 0 spiro atoms. The predicted octanol–water partition coefficient (Wildman–Crippen LogP) is 8.72. The van der Waals surface area contributed by atoms with Crippen LogP contribution in [-0.4, -0.2) is 11.0 Å². The third-order valence-corrected chi connectivity index (χ3v) is 7.58. The lowest BCUT2D eigenvalue weighted by Gasteiger charge is -2.22. The molecule has 1 aliphatic carbocycles. The first-order valence-electron chi connectivity index (χ1n) is 14.3. The average molecular weight is 540 g/mol. The van der Waals surface area contributed by atoms with Crippen molar-refractivity contribution in [2.75, 3.05) is 0 Å². The van der Waals surface area contributed by atoms with Crippen LogP contribution in [0.4, 0.5) is 0 Å². The molecule has 0 saturated carbocycles. The first-order chi connectivity index (χ1) is 20.2. The van der Waals surface area contributed by atoms with E-state index >= 15 is 0 Å². The third-order valence-electron chi connectivity index (χ3n) is 7.58. The minimum atomic E-state index is -0.217. The van der Waals surface area contributed by atoms with Gasteiger partial charge in [0.1, 0.15) is 12.3 Å². The molecule has 0 unspecified atom stereocenters. The molecule has 0 N–H and O–H groups in total. The van der Waals surface area contributed by atoms with Crippen molar-refractivity contribution in [3.05, 3.63) is 144 Å². The van der Waals surface area contributed by atoms with Crippen molar-refractivity contribution in [2.45, 2.75) is 38.7 Å². The molecule has 0 bridgehead atoms. The third kappa shape index (κ3) is 6.55. The molecule has 0 fully saturated rings. The second kappa shape index (κ2) is 12.6. The van der Waals surface area contributed by atoms with E-state index in [0.29, 0.717) is 12.5 Å². The Hall–Kier alpha value is -4.70. The molecule has 1 heterocycles. The Labute approximate surface area is 241 Å². The van der Waals surface area contributed by atoms with Crippen molar-refractivity contribution >= 4 is 11.5 Å². The fraction of sp³-hybridized carbons (Fsp3) is 0.189. The number of hydrogen-bond acceptors (Lipinski definition) is 4. The van der Waals surface area contributed by atoms with Crippen LogP contribution in [-0.2, 0) is 29.0 Å². The normalized spacial score (nSPS) is 14.8. The van der Waals surface area contributed by atoms with Gasteiger partial charge in [-0.05, 0) is 48.3 Å². The summed E-state index contributed by atoms with van der Waals surface area (Å²) in [5, 5.41) is 0. The minimum Gasteiger partial charge on any atom is -0.461 e. The summed E-state index contributed by atoms with van der Waals surface area (Å²) in [6.07, 6.45) is 6.64. The average Bonchev–Trinajstić information content (AvgIpc) is 3.47. The van der Waals surface area contributed by atoms with Gasteiger partial charge in [-0.2, -0.15) is 0 Å². The van der Waals surface area contributed by atoms with E-state index in [1.165, 1.54) is 11.1 Å². The van der Waals surface area contributed by atoms with Crippen molar-refractivity contribution in [2.24, 2.45) is 5.92 Å². The van der Waals surface area contributed by atoms with Crippen molar-refractivity contribution in [3.8, 4) is 22.6 Å². The van der Waals surface area contributed by atoms with E-state index in [9.17, 15) is 4.79 Å². The van der Waals surface area contributed by atoms with Crippen LogP contribution in [0.5, 0.6) is 0 Å². The van der Waals surface area contributed by atoms with E-state index in [0.717, 1.165) is 59.4 Å². The van der Waals surface area contributed by atoms with Crippen LogP contribution in [0.25, 0.3) is 28.2 Å². The van der Waals surface area contributed by atoms with Crippen LogP contribution in [0.3, 0.4) is 0 Å². The molecule has 0 aliphatic heterocycles. The van der Waals surface area contributed by atoms with Gasteiger partial charge in [-0.15, -0.1) is 0 Å². The molecule has 41 heavy (non-hydrogen) atoms. The van der Waals surface area contributed by atoms with Crippen molar-refractivity contribution in [1.82, 2.24) is 4.98 Å². The monoisotopic (exact) mass is 539 g/mol. The molecule has 0 radical (unpaired) electrons. The lowest BCUT2D eigenvalue weighted by atomic mass is 9.83. The molecule has 204 valence electrons. The largest absolute Gasteiger partial charge is 0.461 e. The number of allylic oxidation sites excluding steroid dienone is 2. The highest BCUT2D eigenvalue weighted by molar-refractivity contribution is 5.79. The van der Waals surface area contributed by atoms with Gasteiger partial charge < -0.3 is 9.15 Å². The Kier molecular flexibility index (Phi) is 8.18. The van der Waals surface area contributed by atoms with E-state index in [4.69, 9.17) is 14.1 Å². The topological polar surface area (TPSA) is 52.3 Å². The lowest BCUT2D eigenvalue weighted by molar-refractivity contribution is -0.144. The minimum absolute atomic E-state index is 0.217. The van der Waals surface area contributed by atoms with Gasteiger partial charge in [0, 0.05) is 16.7 Å². The molecule has 4 nitrogen and oxygen atoms in total.